The van der Waals surface area contributed by atoms with Crippen LogP contribution in [0, 0.1) is 5.92 Å². The molecule has 0 radical (unpaired) electrons. The predicted molar refractivity (Wildman–Crippen MR) is 132 cm³/mol. The number of nitrogens with one attached hydrogen (secondary N) is 1. The van der Waals surface area contributed by atoms with Gasteiger partial charge < -0.3 is 20.1 Å². The van der Waals surface area contributed by atoms with Crippen molar-refractivity contribution in [2.75, 3.05) is 26.2 Å². The van der Waals surface area contributed by atoms with E-state index in [1.165, 1.54) is 0 Å². The van der Waals surface area contributed by atoms with Crippen molar-refractivity contribution in [1.82, 2.24) is 10.2 Å². The van der Waals surface area contributed by atoms with Crippen LogP contribution < -0.4 is 10.1 Å². The van der Waals surface area contributed by atoms with E-state index in [0.29, 0.717) is 56.5 Å². The lowest BCUT2D eigenvalue weighted by Crippen LogP contribution is -2.32. The second kappa shape index (κ2) is 12.8. The van der Waals surface area contributed by atoms with Gasteiger partial charge in [-0.05, 0) is 43.6 Å². The number of hydrogen-bond acceptors (Lipinski definition) is 4. The van der Waals surface area contributed by atoms with Crippen molar-refractivity contribution in [3.8, 4) is 5.75 Å². The van der Waals surface area contributed by atoms with Gasteiger partial charge in [-0.1, -0.05) is 49.4 Å². The summed E-state index contributed by atoms with van der Waals surface area (Å²) in [6.45, 7) is 3.74. The molecule has 7 nitrogen and oxygen atoms in total. The van der Waals surface area contributed by atoms with Crippen LogP contribution in [0.15, 0.2) is 54.1 Å². The zero-order valence-corrected chi connectivity index (χ0v) is 19.8. The normalized spacial score (nSPS) is 14.9. The van der Waals surface area contributed by atoms with Gasteiger partial charge in [0.25, 0.3) is 0 Å². The Hall–Kier alpha value is -3.35. The van der Waals surface area contributed by atoms with E-state index in [9.17, 15) is 14.4 Å². The molecule has 34 heavy (non-hydrogen) atoms. The number of fused-ring (bicyclic) bond motifs is 1. The number of allylic oxidation sites excluding steroid dienone is 1. The van der Waals surface area contributed by atoms with Gasteiger partial charge in [-0.15, -0.1) is 0 Å². The Morgan fingerprint density at radius 1 is 1.18 bits per heavy atom. The number of carboxylic acids is 1. The fourth-order valence-corrected chi connectivity index (χ4v) is 4.04. The molecular formula is C27H34N2O5. The van der Waals surface area contributed by atoms with Crippen molar-refractivity contribution in [2.24, 2.45) is 5.92 Å². The van der Waals surface area contributed by atoms with Gasteiger partial charge in [0.2, 0.25) is 11.8 Å². The van der Waals surface area contributed by atoms with Gasteiger partial charge in [0.15, 0.2) is 0 Å². The fourth-order valence-electron chi connectivity index (χ4n) is 4.04. The van der Waals surface area contributed by atoms with Gasteiger partial charge in [-0.25, -0.2) is 0 Å². The highest BCUT2D eigenvalue weighted by Crippen LogP contribution is 2.25. The molecule has 0 aliphatic carbocycles. The molecule has 1 atom stereocenters. The molecule has 1 heterocycles. The highest BCUT2D eigenvalue weighted by Gasteiger charge is 2.19. The van der Waals surface area contributed by atoms with Crippen LogP contribution in [0.5, 0.6) is 5.75 Å². The Morgan fingerprint density at radius 2 is 1.97 bits per heavy atom. The smallest absolute Gasteiger partial charge is 0.306 e. The minimum absolute atomic E-state index is 0.124. The van der Waals surface area contributed by atoms with Gasteiger partial charge >= 0.3 is 5.97 Å². The predicted octanol–water partition coefficient (Wildman–Crippen LogP) is 4.16. The van der Waals surface area contributed by atoms with E-state index < -0.39 is 11.9 Å². The molecule has 2 aromatic rings. The number of ether oxygens (including phenoxy) is 1. The summed E-state index contributed by atoms with van der Waals surface area (Å²) in [5.74, 6) is -0.516. The van der Waals surface area contributed by atoms with E-state index in [-0.39, 0.29) is 18.4 Å². The van der Waals surface area contributed by atoms with Crippen LogP contribution in [-0.2, 0) is 14.4 Å². The van der Waals surface area contributed by atoms with Crippen LogP contribution in [-0.4, -0.2) is 54.0 Å². The molecule has 2 amide bonds. The highest BCUT2D eigenvalue weighted by atomic mass is 16.5. The fraction of sp³-hybridized carbons (Fsp3) is 0.444. The first kappa shape index (κ1) is 25.3. The summed E-state index contributed by atoms with van der Waals surface area (Å²) in [6.07, 6.45) is 5.89. The van der Waals surface area contributed by atoms with Crippen LogP contribution in [0.25, 0.3) is 10.8 Å². The highest BCUT2D eigenvalue weighted by molar-refractivity contribution is 5.94. The topological polar surface area (TPSA) is 95.9 Å². The van der Waals surface area contributed by atoms with Crippen LogP contribution in [0.1, 0.15) is 45.4 Å². The zero-order valence-electron chi connectivity index (χ0n) is 19.8. The molecule has 0 saturated carbocycles. The third-order valence-corrected chi connectivity index (χ3v) is 6.14. The van der Waals surface area contributed by atoms with E-state index in [4.69, 9.17) is 9.84 Å². The molecule has 1 fully saturated rings. The lowest BCUT2D eigenvalue weighted by molar-refractivity contribution is -0.141. The first-order chi connectivity index (χ1) is 16.5. The number of rotatable bonds is 13. The summed E-state index contributed by atoms with van der Waals surface area (Å²) in [5, 5.41) is 14.1. The lowest BCUT2D eigenvalue weighted by Gasteiger charge is -2.16. The lowest BCUT2D eigenvalue weighted by atomic mass is 10.0. The summed E-state index contributed by atoms with van der Waals surface area (Å²) in [5.41, 5.74) is 0.521. The number of likely N-dealkylation sites (tertiary alicyclic amines) is 1. The maximum atomic E-state index is 12.9. The molecule has 7 heteroatoms. The Kier molecular flexibility index (Phi) is 9.50. The molecular weight excluding hydrogens is 432 g/mol. The van der Waals surface area contributed by atoms with Crippen LogP contribution >= 0.6 is 0 Å². The number of nitrogens with zero attached hydrogens (tertiary/aromatic N) is 1. The van der Waals surface area contributed by atoms with Crippen LogP contribution in [0.3, 0.4) is 0 Å². The first-order valence-electron chi connectivity index (χ1n) is 12.0. The minimum Gasteiger partial charge on any atom is -0.488 e. The molecule has 2 aromatic carbocycles. The molecule has 1 saturated heterocycles. The molecule has 0 spiro atoms. The van der Waals surface area contributed by atoms with Crippen molar-refractivity contribution >= 4 is 28.6 Å². The van der Waals surface area contributed by atoms with E-state index >= 15 is 0 Å². The average molecular weight is 467 g/mol. The van der Waals surface area contributed by atoms with Gasteiger partial charge in [-0.2, -0.15) is 0 Å². The van der Waals surface area contributed by atoms with Gasteiger partial charge in [0, 0.05) is 31.4 Å². The van der Waals surface area contributed by atoms with Crippen molar-refractivity contribution in [2.45, 2.75) is 45.4 Å². The first-order valence-corrected chi connectivity index (χ1v) is 12.0. The average Bonchev–Trinajstić information content (AvgIpc) is 3.25. The molecule has 0 bridgehead atoms. The summed E-state index contributed by atoms with van der Waals surface area (Å²) in [4.78, 5) is 37.5. The van der Waals surface area contributed by atoms with Crippen molar-refractivity contribution < 1.29 is 24.2 Å². The van der Waals surface area contributed by atoms with E-state index in [0.717, 1.165) is 23.7 Å². The number of unbranched alkanes of at least 4 members (excludes halogenated alkanes) is 1. The second-order valence-electron chi connectivity index (χ2n) is 8.76. The monoisotopic (exact) mass is 466 g/mol. The standard InChI is InChI=1S/C27H34N2O5/c1-20(27(32)33)9-2-3-11-22(26(31)28-16-8-18-29-17-7-15-25(29)30)19-34-24-14-6-12-21-10-4-5-13-23(21)24/h4-6,10-14,20H,2-3,7-9,15-19H2,1H3,(H,28,31)(H,32,33). The SMILES string of the molecule is CC(CCCC=C(COc1cccc2ccccc12)C(=O)NCCCN1CCCC1=O)C(=O)O. The second-order valence-corrected chi connectivity index (χ2v) is 8.76. The Balaban J connectivity index is 1.58. The largest absolute Gasteiger partial charge is 0.488 e. The molecule has 2 N–H and O–H groups in total. The maximum Gasteiger partial charge on any atom is 0.306 e. The number of hydrogen-bond donors (Lipinski definition) is 2. The summed E-state index contributed by atoms with van der Waals surface area (Å²) >= 11 is 0. The number of carbonyl (C=O) groups excluding carboxylic acids is 2. The molecule has 3 rings (SSSR count). The Bertz CT molecular complexity index is 1030. The van der Waals surface area contributed by atoms with Crippen LogP contribution in [0.4, 0.5) is 0 Å². The van der Waals surface area contributed by atoms with E-state index in [2.05, 4.69) is 5.32 Å². The third-order valence-electron chi connectivity index (χ3n) is 6.14. The number of carboxylic acid groups (broad SMARTS) is 1. The van der Waals surface area contributed by atoms with Crippen LogP contribution in [0.2, 0.25) is 0 Å². The van der Waals surface area contributed by atoms with E-state index in [1.807, 2.05) is 53.4 Å². The summed E-state index contributed by atoms with van der Waals surface area (Å²) in [6, 6.07) is 13.8. The molecule has 182 valence electrons. The molecule has 1 aliphatic rings. The van der Waals surface area contributed by atoms with Crippen molar-refractivity contribution in [3.63, 3.8) is 0 Å². The summed E-state index contributed by atoms with van der Waals surface area (Å²) < 4.78 is 6.04. The number of carbonyl (C=O) groups is 3. The quantitative estimate of drug-likeness (QED) is 0.341. The minimum atomic E-state index is -0.808. The number of amides is 2. The zero-order chi connectivity index (χ0) is 24.3. The third kappa shape index (κ3) is 7.33. The summed E-state index contributed by atoms with van der Waals surface area (Å²) in [7, 11) is 0. The molecule has 1 aliphatic heterocycles. The maximum absolute atomic E-state index is 12.9. The van der Waals surface area contributed by atoms with Gasteiger partial charge in [0.1, 0.15) is 12.4 Å². The Morgan fingerprint density at radius 3 is 2.74 bits per heavy atom. The van der Waals surface area contributed by atoms with Crippen molar-refractivity contribution in [3.05, 3.63) is 54.1 Å². The molecule has 1 unspecified atom stereocenters. The van der Waals surface area contributed by atoms with Crippen molar-refractivity contribution in [1.29, 1.82) is 0 Å². The van der Waals surface area contributed by atoms with Gasteiger partial charge in [0.05, 0.1) is 11.5 Å². The Labute approximate surface area is 200 Å². The number of benzene rings is 2. The molecule has 0 aromatic heterocycles. The number of aliphatic carboxylic acids is 1. The van der Waals surface area contributed by atoms with Gasteiger partial charge in [-0.3, -0.25) is 14.4 Å². The van der Waals surface area contributed by atoms with E-state index in [1.54, 1.807) is 6.92 Å².